The third-order valence-corrected chi connectivity index (χ3v) is 4.71. The van der Waals surface area contributed by atoms with Gasteiger partial charge in [0.1, 0.15) is 0 Å². The lowest BCUT2D eigenvalue weighted by Crippen LogP contribution is -2.25. The van der Waals surface area contributed by atoms with Gasteiger partial charge in [0.05, 0.1) is 6.10 Å². The fourth-order valence-corrected chi connectivity index (χ4v) is 3.43. The first-order valence-electron chi connectivity index (χ1n) is 5.66. The lowest BCUT2D eigenvalue weighted by atomic mass is 10.0. The Kier molecular flexibility index (Phi) is 3.56. The first-order chi connectivity index (χ1) is 6.36. The smallest absolute Gasteiger partial charge is 0.0658 e. The molecule has 2 fully saturated rings. The summed E-state index contributed by atoms with van der Waals surface area (Å²) in [5.41, 5.74) is 0. The van der Waals surface area contributed by atoms with E-state index in [-0.39, 0.29) is 6.10 Å². The van der Waals surface area contributed by atoms with E-state index >= 15 is 0 Å². The van der Waals surface area contributed by atoms with Gasteiger partial charge < -0.3 is 5.11 Å². The third-order valence-electron chi connectivity index (χ3n) is 3.21. The van der Waals surface area contributed by atoms with Crippen molar-refractivity contribution in [1.29, 1.82) is 0 Å². The van der Waals surface area contributed by atoms with Crippen molar-refractivity contribution in [2.75, 3.05) is 5.75 Å². The summed E-state index contributed by atoms with van der Waals surface area (Å²) in [5, 5.41) is 10.5. The van der Waals surface area contributed by atoms with Gasteiger partial charge in [-0.05, 0) is 37.4 Å². The Morgan fingerprint density at radius 2 is 2.08 bits per heavy atom. The van der Waals surface area contributed by atoms with Crippen LogP contribution >= 0.6 is 11.8 Å². The average Bonchev–Trinajstić information content (AvgIpc) is 2.99. The van der Waals surface area contributed by atoms with E-state index in [0.717, 1.165) is 12.3 Å². The maximum atomic E-state index is 9.93. The van der Waals surface area contributed by atoms with E-state index in [0.29, 0.717) is 5.25 Å². The van der Waals surface area contributed by atoms with Crippen LogP contribution in [0.5, 0.6) is 0 Å². The van der Waals surface area contributed by atoms with E-state index in [9.17, 15) is 5.11 Å². The van der Waals surface area contributed by atoms with Gasteiger partial charge in [0, 0.05) is 5.25 Å². The van der Waals surface area contributed by atoms with E-state index in [1.165, 1.54) is 44.3 Å². The molecule has 1 aliphatic heterocycles. The Balaban J connectivity index is 1.64. The maximum absolute atomic E-state index is 9.93. The van der Waals surface area contributed by atoms with E-state index < -0.39 is 0 Å². The van der Waals surface area contributed by atoms with Crippen molar-refractivity contribution in [2.24, 2.45) is 5.92 Å². The fourth-order valence-electron chi connectivity index (χ4n) is 2.07. The molecule has 1 saturated carbocycles. The van der Waals surface area contributed by atoms with Gasteiger partial charge in [-0.2, -0.15) is 11.8 Å². The molecule has 0 bridgehead atoms. The summed E-state index contributed by atoms with van der Waals surface area (Å²) < 4.78 is 0. The minimum atomic E-state index is -0.00843. The summed E-state index contributed by atoms with van der Waals surface area (Å²) >= 11 is 1.99. The van der Waals surface area contributed by atoms with Gasteiger partial charge in [0.15, 0.2) is 0 Å². The molecule has 1 N–H and O–H groups in total. The van der Waals surface area contributed by atoms with Crippen molar-refractivity contribution < 1.29 is 5.11 Å². The van der Waals surface area contributed by atoms with Crippen LogP contribution in [0.4, 0.5) is 0 Å². The highest BCUT2D eigenvalue weighted by atomic mass is 32.2. The highest BCUT2D eigenvalue weighted by Gasteiger charge is 2.26. The highest BCUT2D eigenvalue weighted by Crippen LogP contribution is 2.36. The highest BCUT2D eigenvalue weighted by molar-refractivity contribution is 8.00. The van der Waals surface area contributed by atoms with E-state index in [1.54, 1.807) is 0 Å². The summed E-state index contributed by atoms with van der Waals surface area (Å²) in [7, 11) is 0. The number of hydrogen-bond acceptors (Lipinski definition) is 2. The molecule has 0 aromatic carbocycles. The van der Waals surface area contributed by atoms with Gasteiger partial charge in [-0.3, -0.25) is 0 Å². The molecule has 0 spiro atoms. The van der Waals surface area contributed by atoms with Crippen LogP contribution in [-0.2, 0) is 0 Å². The van der Waals surface area contributed by atoms with Crippen molar-refractivity contribution in [3.63, 3.8) is 0 Å². The molecular formula is C11H20OS. The normalized spacial score (nSPS) is 31.6. The molecule has 1 saturated heterocycles. The van der Waals surface area contributed by atoms with Crippen molar-refractivity contribution in [3.8, 4) is 0 Å². The van der Waals surface area contributed by atoms with Crippen molar-refractivity contribution in [2.45, 2.75) is 56.3 Å². The molecule has 2 unspecified atom stereocenters. The standard InChI is InChI=1S/C11H20OS/c12-10(7-6-9-4-5-9)11-3-1-2-8-13-11/h9-12H,1-8H2. The lowest BCUT2D eigenvalue weighted by Gasteiger charge is -2.26. The molecular weight excluding hydrogens is 180 g/mol. The van der Waals surface area contributed by atoms with Gasteiger partial charge in [-0.25, -0.2) is 0 Å². The zero-order valence-electron chi connectivity index (χ0n) is 8.24. The van der Waals surface area contributed by atoms with Crippen molar-refractivity contribution >= 4 is 11.8 Å². The average molecular weight is 200 g/mol. The van der Waals surface area contributed by atoms with E-state index in [1.807, 2.05) is 11.8 Å². The monoisotopic (exact) mass is 200 g/mol. The Labute approximate surface area is 85.3 Å². The van der Waals surface area contributed by atoms with Gasteiger partial charge in [-0.1, -0.05) is 19.3 Å². The molecule has 0 aromatic rings. The second-order valence-corrected chi connectivity index (χ2v) is 5.84. The predicted octanol–water partition coefficient (Wildman–Crippen LogP) is 2.82. The number of hydrogen-bond donors (Lipinski definition) is 1. The van der Waals surface area contributed by atoms with Gasteiger partial charge in [-0.15, -0.1) is 0 Å². The molecule has 1 heterocycles. The lowest BCUT2D eigenvalue weighted by molar-refractivity contribution is 0.151. The second kappa shape index (κ2) is 4.70. The maximum Gasteiger partial charge on any atom is 0.0658 e. The SMILES string of the molecule is OC(CCC1CC1)C1CCCCS1. The second-order valence-electron chi connectivity index (χ2n) is 4.49. The predicted molar refractivity (Wildman–Crippen MR) is 58.1 cm³/mol. The Bertz CT molecular complexity index is 150. The molecule has 2 aliphatic rings. The fraction of sp³-hybridized carbons (Fsp3) is 1.00. The molecule has 2 rings (SSSR count). The summed E-state index contributed by atoms with van der Waals surface area (Å²) in [6, 6.07) is 0. The van der Waals surface area contributed by atoms with Crippen LogP contribution in [0.25, 0.3) is 0 Å². The molecule has 76 valence electrons. The van der Waals surface area contributed by atoms with E-state index in [4.69, 9.17) is 0 Å². The molecule has 13 heavy (non-hydrogen) atoms. The summed E-state index contributed by atoms with van der Waals surface area (Å²) in [4.78, 5) is 0. The van der Waals surface area contributed by atoms with E-state index in [2.05, 4.69) is 0 Å². The zero-order valence-corrected chi connectivity index (χ0v) is 9.06. The van der Waals surface area contributed by atoms with Gasteiger partial charge >= 0.3 is 0 Å². The number of thioether (sulfide) groups is 1. The summed E-state index contributed by atoms with van der Waals surface area (Å²) in [6.07, 6.45) is 9.10. The van der Waals surface area contributed by atoms with Crippen LogP contribution in [0.2, 0.25) is 0 Å². The van der Waals surface area contributed by atoms with Crippen LogP contribution in [0, 0.1) is 5.92 Å². The van der Waals surface area contributed by atoms with Gasteiger partial charge in [0.25, 0.3) is 0 Å². The van der Waals surface area contributed by atoms with Crippen LogP contribution in [0.1, 0.15) is 44.9 Å². The largest absolute Gasteiger partial charge is 0.392 e. The van der Waals surface area contributed by atoms with Crippen molar-refractivity contribution in [3.05, 3.63) is 0 Å². The molecule has 1 aliphatic carbocycles. The molecule has 1 nitrogen and oxygen atoms in total. The molecule has 0 aromatic heterocycles. The molecule has 2 atom stereocenters. The first kappa shape index (κ1) is 9.85. The topological polar surface area (TPSA) is 20.2 Å². The minimum Gasteiger partial charge on any atom is -0.392 e. The summed E-state index contributed by atoms with van der Waals surface area (Å²) in [6.45, 7) is 0. The molecule has 0 radical (unpaired) electrons. The van der Waals surface area contributed by atoms with Crippen LogP contribution < -0.4 is 0 Å². The Morgan fingerprint density at radius 3 is 2.69 bits per heavy atom. The van der Waals surface area contributed by atoms with Crippen LogP contribution in [0.15, 0.2) is 0 Å². The molecule has 2 heteroatoms. The van der Waals surface area contributed by atoms with Crippen LogP contribution in [0.3, 0.4) is 0 Å². The quantitative estimate of drug-likeness (QED) is 0.753. The zero-order chi connectivity index (χ0) is 9.10. The number of rotatable bonds is 4. The minimum absolute atomic E-state index is 0.00843. The number of aliphatic hydroxyl groups is 1. The third kappa shape index (κ3) is 3.17. The summed E-state index contributed by atoms with van der Waals surface area (Å²) in [5.74, 6) is 2.24. The first-order valence-corrected chi connectivity index (χ1v) is 6.71. The Hall–Kier alpha value is 0.310. The van der Waals surface area contributed by atoms with Crippen molar-refractivity contribution in [1.82, 2.24) is 0 Å². The van der Waals surface area contributed by atoms with Gasteiger partial charge in [0.2, 0.25) is 0 Å². The number of aliphatic hydroxyl groups excluding tert-OH is 1. The Morgan fingerprint density at radius 1 is 1.23 bits per heavy atom. The molecule has 0 amide bonds. The van der Waals surface area contributed by atoms with Crippen LogP contribution in [-0.4, -0.2) is 22.2 Å².